The van der Waals surface area contributed by atoms with E-state index in [-0.39, 0.29) is 5.69 Å². The fraction of sp³-hybridized carbons (Fsp3) is 0.222. The summed E-state index contributed by atoms with van der Waals surface area (Å²) in [6.07, 6.45) is 3.88. The van der Waals surface area contributed by atoms with Crippen molar-refractivity contribution in [1.29, 1.82) is 0 Å². The van der Waals surface area contributed by atoms with E-state index in [0.717, 1.165) is 0 Å². The molecule has 0 unspecified atom stereocenters. The molecule has 0 saturated carbocycles. The van der Waals surface area contributed by atoms with E-state index in [2.05, 4.69) is 9.72 Å². The van der Waals surface area contributed by atoms with Gasteiger partial charge in [0.05, 0.1) is 17.7 Å². The minimum Gasteiger partial charge on any atom is -0.463 e. The first-order valence-corrected chi connectivity index (χ1v) is 4.31. The Hall–Kier alpha value is -2.11. The highest BCUT2D eigenvalue weighted by Crippen LogP contribution is 2.12. The first-order valence-electron chi connectivity index (χ1n) is 4.31. The van der Waals surface area contributed by atoms with Crippen LogP contribution in [0.2, 0.25) is 0 Å². The van der Waals surface area contributed by atoms with E-state index in [1.165, 1.54) is 24.4 Å². The second-order valence-corrected chi connectivity index (χ2v) is 2.66. The lowest BCUT2D eigenvalue weighted by molar-refractivity contribution is -0.384. The molecule has 0 saturated heterocycles. The van der Waals surface area contributed by atoms with Crippen molar-refractivity contribution < 1.29 is 14.5 Å². The zero-order valence-electron chi connectivity index (χ0n) is 8.10. The molecule has 0 aliphatic carbocycles. The summed E-state index contributed by atoms with van der Waals surface area (Å²) in [5.74, 6) is -0.477. The second-order valence-electron chi connectivity index (χ2n) is 2.66. The maximum Gasteiger partial charge on any atom is 0.330 e. The van der Waals surface area contributed by atoms with E-state index in [9.17, 15) is 14.9 Å². The largest absolute Gasteiger partial charge is 0.463 e. The third kappa shape index (κ3) is 3.26. The number of aromatic nitrogens is 1. The summed E-state index contributed by atoms with van der Waals surface area (Å²) >= 11 is 0. The molecule has 0 radical (unpaired) electrons. The monoisotopic (exact) mass is 210 g/mol. The fourth-order valence-electron chi connectivity index (χ4n) is 0.950. The van der Waals surface area contributed by atoms with Crippen molar-refractivity contribution in [3.05, 3.63) is 34.1 Å². The number of carbonyl (C=O) groups is 1. The van der Waals surface area contributed by atoms with Crippen LogP contribution in [0.25, 0.3) is 6.08 Å². The Labute approximate surface area is 85.7 Å². The normalized spacial score (nSPS) is 10.5. The molecular weight excluding hydrogens is 200 g/mol. The van der Waals surface area contributed by atoms with Gasteiger partial charge in [-0.25, -0.2) is 4.79 Å². The Morgan fingerprint density at radius 2 is 2.47 bits per heavy atom. The minimum absolute atomic E-state index is 0.0430. The number of rotatable bonds is 4. The standard InChI is InChI=1S/C9H10N2O4/c1-2-15-9(12)4-3-7-5-8(6-10-7)11(13)14/h3-6,10H,2H2,1H3. The number of nitrogens with one attached hydrogen (secondary N) is 1. The average Bonchev–Trinajstić information content (AvgIpc) is 2.63. The molecule has 1 N–H and O–H groups in total. The quantitative estimate of drug-likeness (QED) is 0.353. The number of esters is 1. The van der Waals surface area contributed by atoms with Crippen molar-refractivity contribution >= 4 is 17.7 Å². The highest BCUT2D eigenvalue weighted by atomic mass is 16.6. The number of hydrogen-bond donors (Lipinski definition) is 1. The number of H-pyrrole nitrogens is 1. The van der Waals surface area contributed by atoms with Gasteiger partial charge in [-0.2, -0.15) is 0 Å². The average molecular weight is 210 g/mol. The van der Waals surface area contributed by atoms with Gasteiger partial charge in [0.1, 0.15) is 0 Å². The summed E-state index contributed by atoms with van der Waals surface area (Å²) in [6, 6.07) is 1.33. The van der Waals surface area contributed by atoms with Crippen LogP contribution in [0.5, 0.6) is 0 Å². The molecule has 0 atom stereocenters. The van der Waals surface area contributed by atoms with Gasteiger partial charge in [-0.15, -0.1) is 0 Å². The molecule has 0 fully saturated rings. The first-order chi connectivity index (χ1) is 7.13. The SMILES string of the molecule is CCOC(=O)C=Cc1cc([N+](=O)[O-])c[nH]1. The zero-order valence-corrected chi connectivity index (χ0v) is 8.10. The Bertz CT molecular complexity index is 395. The van der Waals surface area contributed by atoms with E-state index in [1.807, 2.05) is 0 Å². The van der Waals surface area contributed by atoms with Crippen molar-refractivity contribution in [2.24, 2.45) is 0 Å². The van der Waals surface area contributed by atoms with Crippen LogP contribution in [-0.4, -0.2) is 22.5 Å². The van der Waals surface area contributed by atoms with Gasteiger partial charge in [0, 0.05) is 17.8 Å². The lowest BCUT2D eigenvalue weighted by atomic mass is 10.3. The number of ether oxygens (including phenoxy) is 1. The summed E-state index contributed by atoms with van der Waals surface area (Å²) in [5, 5.41) is 10.3. The van der Waals surface area contributed by atoms with E-state index in [0.29, 0.717) is 12.3 Å². The molecule has 6 nitrogen and oxygen atoms in total. The van der Waals surface area contributed by atoms with E-state index in [4.69, 9.17) is 0 Å². The number of nitro groups is 1. The molecule has 0 aliphatic heterocycles. The van der Waals surface area contributed by atoms with E-state index in [1.54, 1.807) is 6.92 Å². The topological polar surface area (TPSA) is 85.2 Å². The summed E-state index contributed by atoms with van der Waals surface area (Å²) in [4.78, 5) is 23.4. The van der Waals surface area contributed by atoms with Gasteiger partial charge < -0.3 is 9.72 Å². The first kappa shape index (κ1) is 11.0. The number of aromatic amines is 1. The Morgan fingerprint density at radius 3 is 3.00 bits per heavy atom. The molecule has 1 rings (SSSR count). The van der Waals surface area contributed by atoms with E-state index >= 15 is 0 Å². The highest BCUT2D eigenvalue weighted by molar-refractivity contribution is 5.86. The maximum absolute atomic E-state index is 10.9. The summed E-state index contributed by atoms with van der Waals surface area (Å²) < 4.78 is 4.64. The van der Waals surface area contributed by atoms with Crippen LogP contribution in [-0.2, 0) is 9.53 Å². The van der Waals surface area contributed by atoms with Crippen LogP contribution in [0.15, 0.2) is 18.3 Å². The second kappa shape index (κ2) is 4.94. The Balaban J connectivity index is 2.64. The molecule has 0 amide bonds. The lowest BCUT2D eigenvalue weighted by Crippen LogP contribution is -1.98. The van der Waals surface area contributed by atoms with E-state index < -0.39 is 10.9 Å². The van der Waals surface area contributed by atoms with Crippen LogP contribution in [0.3, 0.4) is 0 Å². The van der Waals surface area contributed by atoms with Crippen molar-refractivity contribution in [2.45, 2.75) is 6.92 Å². The van der Waals surface area contributed by atoms with Crippen LogP contribution in [0.1, 0.15) is 12.6 Å². The molecule has 0 bridgehead atoms. The number of hydrogen-bond acceptors (Lipinski definition) is 4. The zero-order chi connectivity index (χ0) is 11.3. The molecule has 6 heteroatoms. The smallest absolute Gasteiger partial charge is 0.330 e. The third-order valence-corrected chi connectivity index (χ3v) is 1.59. The number of carbonyl (C=O) groups excluding carboxylic acids is 1. The van der Waals surface area contributed by atoms with Gasteiger partial charge >= 0.3 is 5.97 Å². The summed E-state index contributed by atoms with van der Waals surface area (Å²) in [6.45, 7) is 2.00. The number of nitrogens with zero attached hydrogens (tertiary/aromatic N) is 1. The summed E-state index contributed by atoms with van der Waals surface area (Å²) in [7, 11) is 0. The van der Waals surface area contributed by atoms with Crippen LogP contribution in [0.4, 0.5) is 5.69 Å². The van der Waals surface area contributed by atoms with Gasteiger partial charge in [0.2, 0.25) is 0 Å². The van der Waals surface area contributed by atoms with Crippen molar-refractivity contribution in [2.75, 3.05) is 6.61 Å². The molecule has 0 aromatic carbocycles. The summed E-state index contributed by atoms with van der Waals surface area (Å²) in [5.41, 5.74) is 0.438. The Morgan fingerprint density at radius 1 is 1.73 bits per heavy atom. The molecule has 1 aromatic heterocycles. The molecule has 1 heterocycles. The molecule has 15 heavy (non-hydrogen) atoms. The van der Waals surface area contributed by atoms with Gasteiger partial charge in [0.15, 0.2) is 0 Å². The van der Waals surface area contributed by atoms with Crippen molar-refractivity contribution in [1.82, 2.24) is 4.98 Å². The molecule has 1 aromatic rings. The molecule has 80 valence electrons. The predicted molar refractivity (Wildman–Crippen MR) is 53.1 cm³/mol. The molecular formula is C9H10N2O4. The van der Waals surface area contributed by atoms with Gasteiger partial charge in [0.25, 0.3) is 5.69 Å². The Kier molecular flexibility index (Phi) is 3.61. The minimum atomic E-state index is -0.516. The van der Waals surface area contributed by atoms with Crippen LogP contribution < -0.4 is 0 Å². The predicted octanol–water partition coefficient (Wildman–Crippen LogP) is 1.50. The fourth-order valence-corrected chi connectivity index (χ4v) is 0.950. The highest BCUT2D eigenvalue weighted by Gasteiger charge is 2.06. The molecule has 0 aliphatic rings. The van der Waals surface area contributed by atoms with Crippen LogP contribution >= 0.6 is 0 Å². The third-order valence-electron chi connectivity index (χ3n) is 1.59. The van der Waals surface area contributed by atoms with Crippen molar-refractivity contribution in [3.63, 3.8) is 0 Å². The van der Waals surface area contributed by atoms with Gasteiger partial charge in [-0.3, -0.25) is 10.1 Å². The maximum atomic E-state index is 10.9. The molecule has 0 spiro atoms. The van der Waals surface area contributed by atoms with Gasteiger partial charge in [-0.05, 0) is 13.0 Å². The van der Waals surface area contributed by atoms with Crippen molar-refractivity contribution in [3.8, 4) is 0 Å². The lowest BCUT2D eigenvalue weighted by Gasteiger charge is -1.93. The van der Waals surface area contributed by atoms with Crippen LogP contribution in [0, 0.1) is 10.1 Å². The van der Waals surface area contributed by atoms with Gasteiger partial charge in [-0.1, -0.05) is 0 Å².